The number of hydrogen-bond donors (Lipinski definition) is 1. The molecule has 0 aromatic carbocycles. The SMILES string of the molecule is CN(C)CCN1CC(C(=O)N2CCOC(CN(C)CC(=O)O)C2)CC1=O. The number of ether oxygens (including phenoxy) is 1. The highest BCUT2D eigenvalue weighted by atomic mass is 16.5. The van der Waals surface area contributed by atoms with Gasteiger partial charge in [0.25, 0.3) is 0 Å². The van der Waals surface area contributed by atoms with E-state index in [1.165, 1.54) is 0 Å². The van der Waals surface area contributed by atoms with E-state index in [2.05, 4.69) is 0 Å². The van der Waals surface area contributed by atoms with Crippen molar-refractivity contribution in [3.63, 3.8) is 0 Å². The topological polar surface area (TPSA) is 93.6 Å². The third-order valence-electron chi connectivity index (χ3n) is 4.75. The number of carboxylic acid groups (broad SMARTS) is 1. The van der Waals surface area contributed by atoms with Crippen LogP contribution in [0.1, 0.15) is 6.42 Å². The largest absolute Gasteiger partial charge is 0.480 e. The van der Waals surface area contributed by atoms with Crippen LogP contribution in [0.5, 0.6) is 0 Å². The summed E-state index contributed by atoms with van der Waals surface area (Å²) in [4.78, 5) is 42.9. The molecule has 2 aliphatic heterocycles. The highest BCUT2D eigenvalue weighted by Crippen LogP contribution is 2.21. The minimum Gasteiger partial charge on any atom is -0.480 e. The second-order valence-corrected chi connectivity index (χ2v) is 7.41. The third-order valence-corrected chi connectivity index (χ3v) is 4.75. The fraction of sp³-hybridized carbons (Fsp3) is 0.824. The first-order valence-corrected chi connectivity index (χ1v) is 8.99. The van der Waals surface area contributed by atoms with E-state index in [0.29, 0.717) is 39.3 Å². The monoisotopic (exact) mass is 370 g/mol. The smallest absolute Gasteiger partial charge is 0.317 e. The minimum absolute atomic E-state index is 0.000101. The van der Waals surface area contributed by atoms with E-state index >= 15 is 0 Å². The highest BCUT2D eigenvalue weighted by Gasteiger charge is 2.37. The van der Waals surface area contributed by atoms with E-state index in [4.69, 9.17) is 9.84 Å². The number of likely N-dealkylation sites (tertiary alicyclic amines) is 1. The van der Waals surface area contributed by atoms with Gasteiger partial charge in [-0.25, -0.2) is 0 Å². The summed E-state index contributed by atoms with van der Waals surface area (Å²) < 4.78 is 5.67. The molecular weight excluding hydrogens is 340 g/mol. The van der Waals surface area contributed by atoms with Gasteiger partial charge in [0.1, 0.15) is 0 Å². The number of amides is 2. The Kier molecular flexibility index (Phi) is 7.36. The lowest BCUT2D eigenvalue weighted by atomic mass is 10.1. The van der Waals surface area contributed by atoms with Gasteiger partial charge < -0.3 is 24.5 Å². The molecule has 2 saturated heterocycles. The zero-order valence-electron chi connectivity index (χ0n) is 15.9. The van der Waals surface area contributed by atoms with Gasteiger partial charge in [-0.15, -0.1) is 0 Å². The van der Waals surface area contributed by atoms with Gasteiger partial charge in [0.05, 0.1) is 25.2 Å². The Bertz CT molecular complexity index is 527. The summed E-state index contributed by atoms with van der Waals surface area (Å²) in [7, 11) is 5.63. The van der Waals surface area contributed by atoms with Crippen LogP contribution < -0.4 is 0 Å². The number of rotatable bonds is 8. The first kappa shape index (κ1) is 20.6. The van der Waals surface area contributed by atoms with Gasteiger partial charge in [0, 0.05) is 45.7 Å². The molecule has 2 atom stereocenters. The maximum Gasteiger partial charge on any atom is 0.317 e. The Labute approximate surface area is 154 Å². The lowest BCUT2D eigenvalue weighted by Gasteiger charge is -2.35. The molecule has 1 N–H and O–H groups in total. The Morgan fingerprint density at radius 1 is 1.27 bits per heavy atom. The van der Waals surface area contributed by atoms with Crippen molar-refractivity contribution in [1.29, 1.82) is 0 Å². The fourth-order valence-corrected chi connectivity index (χ4v) is 3.41. The van der Waals surface area contributed by atoms with Crippen molar-refractivity contribution in [3.05, 3.63) is 0 Å². The number of nitrogens with zero attached hydrogens (tertiary/aromatic N) is 4. The molecule has 2 rings (SSSR count). The third kappa shape index (κ3) is 5.93. The predicted molar refractivity (Wildman–Crippen MR) is 94.7 cm³/mol. The number of morpholine rings is 1. The number of likely N-dealkylation sites (N-methyl/N-ethyl adjacent to an activating group) is 2. The average Bonchev–Trinajstić information content (AvgIpc) is 2.92. The summed E-state index contributed by atoms with van der Waals surface area (Å²) in [5, 5.41) is 8.84. The number of carbonyl (C=O) groups excluding carboxylic acids is 2. The van der Waals surface area contributed by atoms with Gasteiger partial charge >= 0.3 is 5.97 Å². The second kappa shape index (κ2) is 9.29. The van der Waals surface area contributed by atoms with E-state index in [0.717, 1.165) is 6.54 Å². The van der Waals surface area contributed by atoms with E-state index < -0.39 is 5.97 Å². The van der Waals surface area contributed by atoms with Crippen molar-refractivity contribution in [1.82, 2.24) is 19.6 Å². The van der Waals surface area contributed by atoms with Crippen molar-refractivity contribution < 1.29 is 24.2 Å². The summed E-state index contributed by atoms with van der Waals surface area (Å²) in [6.45, 7) is 3.67. The van der Waals surface area contributed by atoms with Crippen LogP contribution in [-0.4, -0.2) is 122 Å². The number of carboxylic acids is 1. The molecule has 0 aromatic heterocycles. The number of carbonyl (C=O) groups is 3. The molecule has 2 fully saturated rings. The van der Waals surface area contributed by atoms with Gasteiger partial charge in [-0.05, 0) is 21.1 Å². The van der Waals surface area contributed by atoms with Crippen LogP contribution in [0, 0.1) is 5.92 Å². The molecule has 9 heteroatoms. The molecule has 0 spiro atoms. The van der Waals surface area contributed by atoms with E-state index in [9.17, 15) is 14.4 Å². The van der Waals surface area contributed by atoms with Crippen molar-refractivity contribution in [2.24, 2.45) is 5.92 Å². The fourth-order valence-electron chi connectivity index (χ4n) is 3.41. The van der Waals surface area contributed by atoms with Crippen LogP contribution in [0.25, 0.3) is 0 Å². The summed E-state index contributed by atoms with van der Waals surface area (Å²) in [6, 6.07) is 0. The molecule has 0 aromatic rings. The lowest BCUT2D eigenvalue weighted by Crippen LogP contribution is -2.51. The van der Waals surface area contributed by atoms with Crippen LogP contribution in [0.15, 0.2) is 0 Å². The zero-order chi connectivity index (χ0) is 19.3. The summed E-state index contributed by atoms with van der Waals surface area (Å²) in [5.41, 5.74) is 0. The molecule has 0 aliphatic carbocycles. The summed E-state index contributed by atoms with van der Waals surface area (Å²) in [5.74, 6) is -1.14. The molecule has 0 bridgehead atoms. The van der Waals surface area contributed by atoms with Crippen molar-refractivity contribution in [2.75, 3.05) is 73.6 Å². The van der Waals surface area contributed by atoms with Crippen LogP contribution in [0.2, 0.25) is 0 Å². The standard InChI is InChI=1S/C17H30N4O5/c1-18(2)4-5-20-9-13(8-15(20)22)17(25)21-6-7-26-14(11-21)10-19(3)12-16(23)24/h13-14H,4-12H2,1-3H3,(H,23,24). The normalized spacial score (nSPS) is 24.0. The Balaban J connectivity index is 1.85. The first-order valence-electron chi connectivity index (χ1n) is 8.99. The molecular formula is C17H30N4O5. The maximum absolute atomic E-state index is 12.8. The zero-order valence-corrected chi connectivity index (χ0v) is 15.9. The van der Waals surface area contributed by atoms with Gasteiger partial charge in [-0.2, -0.15) is 0 Å². The highest BCUT2D eigenvalue weighted by molar-refractivity contribution is 5.89. The molecule has 9 nitrogen and oxygen atoms in total. The molecule has 2 unspecified atom stereocenters. The van der Waals surface area contributed by atoms with Gasteiger partial charge in [0.2, 0.25) is 11.8 Å². The van der Waals surface area contributed by atoms with E-state index in [-0.39, 0.29) is 36.8 Å². The van der Waals surface area contributed by atoms with Crippen LogP contribution in [-0.2, 0) is 19.1 Å². The van der Waals surface area contributed by atoms with Gasteiger partial charge in [-0.1, -0.05) is 0 Å². The van der Waals surface area contributed by atoms with E-state index in [1.807, 2.05) is 19.0 Å². The molecule has 0 radical (unpaired) electrons. The Morgan fingerprint density at radius 2 is 2.00 bits per heavy atom. The molecule has 2 heterocycles. The number of hydrogen-bond acceptors (Lipinski definition) is 6. The molecule has 2 aliphatic rings. The summed E-state index contributed by atoms with van der Waals surface area (Å²) >= 11 is 0. The first-order chi connectivity index (χ1) is 12.3. The molecule has 2 amide bonds. The Hall–Kier alpha value is -1.71. The maximum atomic E-state index is 12.8. The van der Waals surface area contributed by atoms with E-state index in [1.54, 1.807) is 21.7 Å². The minimum atomic E-state index is -0.890. The van der Waals surface area contributed by atoms with Crippen LogP contribution in [0.4, 0.5) is 0 Å². The van der Waals surface area contributed by atoms with Gasteiger partial charge in [-0.3, -0.25) is 19.3 Å². The summed E-state index contributed by atoms with van der Waals surface area (Å²) in [6.07, 6.45) is 0.0618. The number of aliphatic carboxylic acids is 1. The average molecular weight is 370 g/mol. The van der Waals surface area contributed by atoms with Gasteiger partial charge in [0.15, 0.2) is 0 Å². The molecule has 26 heavy (non-hydrogen) atoms. The van der Waals surface area contributed by atoms with Crippen molar-refractivity contribution in [3.8, 4) is 0 Å². The molecule has 0 saturated carbocycles. The molecule has 148 valence electrons. The van der Waals surface area contributed by atoms with Crippen molar-refractivity contribution >= 4 is 17.8 Å². The van der Waals surface area contributed by atoms with Crippen LogP contribution in [0.3, 0.4) is 0 Å². The quantitative estimate of drug-likeness (QED) is 0.564. The Morgan fingerprint density at radius 3 is 2.65 bits per heavy atom. The van der Waals surface area contributed by atoms with Crippen molar-refractivity contribution in [2.45, 2.75) is 12.5 Å². The van der Waals surface area contributed by atoms with Crippen LogP contribution >= 0.6 is 0 Å². The predicted octanol–water partition coefficient (Wildman–Crippen LogP) is -1.36. The lowest BCUT2D eigenvalue weighted by molar-refractivity contribution is -0.145. The second-order valence-electron chi connectivity index (χ2n) is 7.41.